The molecule has 10 nitrogen and oxygen atoms in total. The summed E-state index contributed by atoms with van der Waals surface area (Å²) in [6.45, 7) is 1.18. The molecule has 0 radical (unpaired) electrons. The molecule has 0 fully saturated rings. The highest BCUT2D eigenvalue weighted by Crippen LogP contribution is 2.35. The number of hydrogen-bond donors (Lipinski definition) is 5. The van der Waals surface area contributed by atoms with Crippen molar-refractivity contribution in [3.63, 3.8) is 0 Å². The first-order valence-corrected chi connectivity index (χ1v) is 10.2. The van der Waals surface area contributed by atoms with Gasteiger partial charge in [0, 0.05) is 25.6 Å². The zero-order valence-corrected chi connectivity index (χ0v) is 17.6. The van der Waals surface area contributed by atoms with E-state index in [2.05, 4.69) is 5.32 Å². The second-order valence-electron chi connectivity index (χ2n) is 5.25. The van der Waals surface area contributed by atoms with Crippen molar-refractivity contribution in [1.82, 2.24) is 11.2 Å². The van der Waals surface area contributed by atoms with Crippen molar-refractivity contribution >= 4 is 48.3 Å². The Balaban J connectivity index is 0. The number of aliphatic carboxylic acids is 1. The maximum Gasteiger partial charge on any atom is 0.345 e. The highest BCUT2D eigenvalue weighted by molar-refractivity contribution is 7.57. The third-order valence-corrected chi connectivity index (χ3v) is 4.73. The molecule has 0 aliphatic rings. The average molecular weight is 447 g/mol. The maximum atomic E-state index is 11.4. The van der Waals surface area contributed by atoms with E-state index in [1.807, 2.05) is 0 Å². The molecule has 0 saturated carbocycles. The third-order valence-electron chi connectivity index (χ3n) is 2.90. The van der Waals surface area contributed by atoms with Crippen LogP contribution in [-0.2, 0) is 14.2 Å². The van der Waals surface area contributed by atoms with Crippen molar-refractivity contribution in [2.24, 2.45) is 5.73 Å². The highest BCUT2D eigenvalue weighted by atomic mass is 35.5. The Morgan fingerprint density at radius 1 is 1.37 bits per heavy atom. The minimum atomic E-state index is -3.10. The molecule has 0 aliphatic carbocycles. The van der Waals surface area contributed by atoms with Gasteiger partial charge in [-0.15, -0.1) is 0 Å². The normalized spacial score (nSPS) is 13.1. The number of halogens is 2. The maximum absolute atomic E-state index is 11.4. The molecule has 0 heterocycles. The standard InChI is InChI=1S/C9H10Cl2N2O2.C5H12NO4P.H3N/c1-13(15-2)9(14)12-6-3-4-7(10)8(11)5-6;1-11(9,10)3-2-4(6)5(7)8;/h3-5H,1-2H3,(H,12,14);4H,2-3,6H2,1H3,(H,7,8)(H,9,10);1H3. The summed E-state index contributed by atoms with van der Waals surface area (Å²) >= 11 is 11.5. The molecule has 2 unspecified atom stereocenters. The summed E-state index contributed by atoms with van der Waals surface area (Å²) in [5, 5.41) is 12.7. The first-order valence-electron chi connectivity index (χ1n) is 7.19. The van der Waals surface area contributed by atoms with Crippen LogP contribution in [0.1, 0.15) is 6.42 Å². The Bertz CT molecular complexity index is 673. The lowest BCUT2D eigenvalue weighted by atomic mass is 10.2. The van der Waals surface area contributed by atoms with Crippen molar-refractivity contribution in [3.05, 3.63) is 28.2 Å². The van der Waals surface area contributed by atoms with Gasteiger partial charge in [-0.3, -0.25) is 14.2 Å². The van der Waals surface area contributed by atoms with Crippen molar-refractivity contribution < 1.29 is 29.0 Å². The fourth-order valence-electron chi connectivity index (χ4n) is 1.36. The SMILES string of the molecule is CON(C)C(=O)Nc1ccc(Cl)c(Cl)c1.CP(=O)(O)CCC(N)C(=O)O.N. The number of benzene rings is 1. The van der Waals surface area contributed by atoms with Gasteiger partial charge in [-0.05, 0) is 24.6 Å². The summed E-state index contributed by atoms with van der Waals surface area (Å²) in [7, 11) is -0.212. The van der Waals surface area contributed by atoms with E-state index in [9.17, 15) is 14.2 Å². The monoisotopic (exact) mass is 446 g/mol. The van der Waals surface area contributed by atoms with E-state index in [0.717, 1.165) is 5.06 Å². The van der Waals surface area contributed by atoms with Crippen LogP contribution in [0.15, 0.2) is 18.2 Å². The topological polar surface area (TPSA) is 177 Å². The molecule has 0 spiro atoms. The number of rotatable bonds is 6. The fraction of sp³-hybridized carbons (Fsp3) is 0.429. The second kappa shape index (κ2) is 12.9. The third kappa shape index (κ3) is 12.6. The van der Waals surface area contributed by atoms with Gasteiger partial charge in [0.25, 0.3) is 0 Å². The van der Waals surface area contributed by atoms with Crippen LogP contribution in [-0.4, -0.2) is 60.1 Å². The summed E-state index contributed by atoms with van der Waals surface area (Å²) in [4.78, 5) is 34.9. The van der Waals surface area contributed by atoms with Gasteiger partial charge in [0.1, 0.15) is 6.04 Å². The van der Waals surface area contributed by atoms with Gasteiger partial charge >= 0.3 is 12.0 Å². The van der Waals surface area contributed by atoms with Gasteiger partial charge in [-0.1, -0.05) is 23.2 Å². The number of hydrogen-bond acceptors (Lipinski definition) is 6. The molecule has 156 valence electrons. The molecule has 1 aromatic rings. The van der Waals surface area contributed by atoms with Crippen LogP contribution >= 0.6 is 30.6 Å². The minimum Gasteiger partial charge on any atom is -0.480 e. The zero-order chi connectivity index (χ0) is 20.5. The van der Waals surface area contributed by atoms with Crippen molar-refractivity contribution in [2.45, 2.75) is 12.5 Å². The van der Waals surface area contributed by atoms with Crippen molar-refractivity contribution in [1.29, 1.82) is 0 Å². The van der Waals surface area contributed by atoms with Crippen molar-refractivity contribution in [2.75, 3.05) is 32.3 Å². The molecule has 0 aromatic heterocycles. The number of nitrogens with two attached hydrogens (primary N) is 1. The number of anilines is 1. The quantitative estimate of drug-likeness (QED) is 0.326. The van der Waals surface area contributed by atoms with E-state index in [-0.39, 0.29) is 18.7 Å². The van der Waals surface area contributed by atoms with Crippen LogP contribution in [0.4, 0.5) is 10.5 Å². The molecule has 1 aromatic carbocycles. The van der Waals surface area contributed by atoms with E-state index in [1.165, 1.54) is 20.8 Å². The van der Waals surface area contributed by atoms with Gasteiger partial charge in [-0.2, -0.15) is 0 Å². The molecule has 0 saturated heterocycles. The van der Waals surface area contributed by atoms with Gasteiger partial charge in [-0.25, -0.2) is 9.86 Å². The molecular weight excluding hydrogens is 422 g/mol. The number of carboxylic acid groups (broad SMARTS) is 1. The van der Waals surface area contributed by atoms with Crippen LogP contribution in [0.25, 0.3) is 0 Å². The molecule has 27 heavy (non-hydrogen) atoms. The lowest BCUT2D eigenvalue weighted by Crippen LogP contribution is -2.30. The van der Waals surface area contributed by atoms with E-state index in [4.69, 9.17) is 43.8 Å². The van der Waals surface area contributed by atoms with E-state index < -0.39 is 25.4 Å². The minimum absolute atomic E-state index is 0. The Morgan fingerprint density at radius 2 is 1.93 bits per heavy atom. The Morgan fingerprint density at radius 3 is 2.33 bits per heavy atom. The molecule has 2 atom stereocenters. The smallest absolute Gasteiger partial charge is 0.345 e. The second-order valence-corrected chi connectivity index (χ2v) is 8.61. The van der Waals surface area contributed by atoms with Crippen LogP contribution < -0.4 is 17.2 Å². The average Bonchev–Trinajstić information content (AvgIpc) is 2.54. The summed E-state index contributed by atoms with van der Waals surface area (Å²) in [6.07, 6.45) is 0.0000772. The Labute approximate surface area is 167 Å². The molecule has 0 aliphatic heterocycles. The summed E-state index contributed by atoms with van der Waals surface area (Å²) in [6, 6.07) is 3.39. The first kappa shape index (κ1) is 27.8. The van der Waals surface area contributed by atoms with E-state index >= 15 is 0 Å². The van der Waals surface area contributed by atoms with Gasteiger partial charge < -0.3 is 27.2 Å². The molecular formula is C14H25Cl2N4O6P. The van der Waals surface area contributed by atoms with Crippen LogP contribution in [0.5, 0.6) is 0 Å². The van der Waals surface area contributed by atoms with E-state index in [1.54, 1.807) is 18.2 Å². The molecule has 1 rings (SSSR count). The summed E-state index contributed by atoms with van der Waals surface area (Å²) < 4.78 is 10.6. The largest absolute Gasteiger partial charge is 0.480 e. The number of hydroxylamine groups is 2. The predicted molar refractivity (Wildman–Crippen MR) is 106 cm³/mol. The number of carboxylic acids is 1. The zero-order valence-electron chi connectivity index (χ0n) is 15.2. The number of amides is 2. The van der Waals surface area contributed by atoms with Gasteiger partial charge in [0.15, 0.2) is 7.37 Å². The number of nitrogens with zero attached hydrogens (tertiary/aromatic N) is 1. The van der Waals surface area contributed by atoms with Crippen LogP contribution in [0, 0.1) is 0 Å². The van der Waals surface area contributed by atoms with Crippen molar-refractivity contribution in [3.8, 4) is 0 Å². The summed E-state index contributed by atoms with van der Waals surface area (Å²) in [5.41, 5.74) is 5.65. The lowest BCUT2D eigenvalue weighted by molar-refractivity contribution is -0.138. The molecule has 13 heteroatoms. The Hall–Kier alpha value is -1.39. The molecule has 2 amide bonds. The predicted octanol–water partition coefficient (Wildman–Crippen LogP) is 2.87. The summed E-state index contributed by atoms with van der Waals surface area (Å²) in [5.74, 6) is -1.14. The van der Waals surface area contributed by atoms with Gasteiger partial charge in [0.05, 0.1) is 17.2 Å². The molecule has 0 bridgehead atoms. The highest BCUT2D eigenvalue weighted by Gasteiger charge is 2.16. The number of nitrogens with one attached hydrogen (secondary N) is 1. The van der Waals surface area contributed by atoms with E-state index in [0.29, 0.717) is 15.7 Å². The molecule has 8 N–H and O–H groups in total. The first-order chi connectivity index (χ1) is 11.9. The van der Waals surface area contributed by atoms with Gasteiger partial charge in [0.2, 0.25) is 0 Å². The number of carbonyl (C=O) groups excluding carboxylic acids is 1. The van der Waals surface area contributed by atoms with Crippen LogP contribution in [0.2, 0.25) is 10.0 Å². The fourth-order valence-corrected chi connectivity index (χ4v) is 2.42. The Kier molecular flexibility index (Phi) is 13.3. The number of carbonyl (C=O) groups is 2. The van der Waals surface area contributed by atoms with Crippen LogP contribution in [0.3, 0.4) is 0 Å². The lowest BCUT2D eigenvalue weighted by Gasteiger charge is -2.14. The number of urea groups is 1.